The number of piperidine rings is 1. The Bertz CT molecular complexity index is 1250. The van der Waals surface area contributed by atoms with Gasteiger partial charge in [-0.15, -0.1) is 0 Å². The second-order valence-corrected chi connectivity index (χ2v) is 10.7. The van der Waals surface area contributed by atoms with Crippen molar-refractivity contribution in [2.45, 2.75) is 44.3 Å². The van der Waals surface area contributed by atoms with Crippen molar-refractivity contribution in [2.75, 3.05) is 37.8 Å². The van der Waals surface area contributed by atoms with Crippen molar-refractivity contribution in [3.05, 3.63) is 57.6 Å². The van der Waals surface area contributed by atoms with E-state index < -0.39 is 29.3 Å². The molecule has 2 aromatic rings. The number of alkyl halides is 3. The van der Waals surface area contributed by atoms with E-state index >= 15 is 0 Å². The van der Waals surface area contributed by atoms with Crippen LogP contribution in [0.1, 0.15) is 36.0 Å². The number of benzene rings is 2. The Hall–Kier alpha value is -3.28. The Kier molecular flexibility index (Phi) is 8.73. The minimum absolute atomic E-state index is 0.0346. The van der Waals surface area contributed by atoms with E-state index in [0.717, 1.165) is 23.7 Å². The summed E-state index contributed by atoms with van der Waals surface area (Å²) in [6.07, 6.45) is -3.11. The fourth-order valence-electron chi connectivity index (χ4n) is 5.22. The second kappa shape index (κ2) is 11.8. The van der Waals surface area contributed by atoms with Crippen LogP contribution in [0, 0.1) is 5.92 Å². The monoisotopic (exact) mass is 610 g/mol. The van der Waals surface area contributed by atoms with E-state index in [-0.39, 0.29) is 40.9 Å². The summed E-state index contributed by atoms with van der Waals surface area (Å²) in [5.74, 6) is -1.94. The average Bonchev–Trinajstić information content (AvgIpc) is 3.07. The number of carbonyl (C=O) groups is 3. The molecule has 3 amide bonds. The maximum atomic E-state index is 13.4. The molecule has 0 aromatic heterocycles. The molecule has 0 aliphatic carbocycles. The molecule has 3 N–H and O–H groups in total. The fourth-order valence-corrected chi connectivity index (χ4v) is 5.73. The van der Waals surface area contributed by atoms with Crippen molar-refractivity contribution in [3.8, 4) is 0 Å². The predicted octanol–water partition coefficient (Wildman–Crippen LogP) is 4.85. The van der Waals surface area contributed by atoms with E-state index in [1.807, 2.05) is 29.2 Å². The first-order valence-electron chi connectivity index (χ1n) is 12.6. The van der Waals surface area contributed by atoms with Crippen molar-refractivity contribution in [1.29, 1.82) is 0 Å². The number of para-hydroxylation sites is 1. The number of urea groups is 1. The minimum atomic E-state index is -4.67. The number of ether oxygens (including phenoxy) is 1. The van der Waals surface area contributed by atoms with Gasteiger partial charge in [0.15, 0.2) is 0 Å². The topological polar surface area (TPSA) is 105 Å². The molecule has 1 atom stereocenters. The molecule has 2 aliphatic heterocycles. The molecule has 1 unspecified atom stereocenters. The summed E-state index contributed by atoms with van der Waals surface area (Å²) in [5.41, 5.74) is 6.23. The fraction of sp³-hybridized carbons (Fsp3) is 0.444. The van der Waals surface area contributed by atoms with Crippen molar-refractivity contribution >= 4 is 45.2 Å². The van der Waals surface area contributed by atoms with Gasteiger partial charge in [0, 0.05) is 42.3 Å². The lowest BCUT2D eigenvalue weighted by Gasteiger charge is -2.38. The van der Waals surface area contributed by atoms with Gasteiger partial charge in [-0.1, -0.05) is 18.2 Å². The van der Waals surface area contributed by atoms with Gasteiger partial charge in [-0.2, -0.15) is 13.2 Å². The lowest BCUT2D eigenvalue weighted by atomic mass is 9.93. The van der Waals surface area contributed by atoms with E-state index in [9.17, 15) is 27.6 Å². The molecule has 0 saturated carbocycles. The SMILES string of the molecule is COC(=O)C(CC(=O)N1CCC(N2CCc3ccccc3NC2=O)CC1)Cc1cc(Br)c(N)c(C(F)(F)F)c1. The average molecular weight is 611 g/mol. The summed E-state index contributed by atoms with van der Waals surface area (Å²) < 4.78 is 45.2. The normalized spacial score (nSPS) is 17.2. The lowest BCUT2D eigenvalue weighted by Crippen LogP contribution is -2.50. The Morgan fingerprint density at radius 3 is 2.54 bits per heavy atom. The number of esters is 1. The zero-order valence-electron chi connectivity index (χ0n) is 21.4. The quantitative estimate of drug-likeness (QED) is 0.359. The molecule has 12 heteroatoms. The highest BCUT2D eigenvalue weighted by atomic mass is 79.9. The largest absolute Gasteiger partial charge is 0.469 e. The van der Waals surface area contributed by atoms with Gasteiger partial charge < -0.3 is 25.6 Å². The number of halogens is 4. The van der Waals surface area contributed by atoms with Gasteiger partial charge in [0.2, 0.25) is 5.91 Å². The Morgan fingerprint density at radius 1 is 1.18 bits per heavy atom. The van der Waals surface area contributed by atoms with Crippen molar-refractivity contribution < 1.29 is 32.3 Å². The number of methoxy groups -OCH3 is 1. The summed E-state index contributed by atoms with van der Waals surface area (Å²) >= 11 is 3.05. The Balaban J connectivity index is 1.38. The summed E-state index contributed by atoms with van der Waals surface area (Å²) in [5, 5.41) is 2.97. The number of carbonyl (C=O) groups excluding carboxylic acids is 3. The molecular formula is C27H30BrF3N4O4. The maximum absolute atomic E-state index is 13.4. The smallest absolute Gasteiger partial charge is 0.418 e. The maximum Gasteiger partial charge on any atom is 0.418 e. The van der Waals surface area contributed by atoms with Crippen LogP contribution in [0.15, 0.2) is 40.9 Å². The Labute approximate surface area is 232 Å². The van der Waals surface area contributed by atoms with Crippen LogP contribution in [0.4, 0.5) is 29.3 Å². The predicted molar refractivity (Wildman–Crippen MR) is 143 cm³/mol. The first kappa shape index (κ1) is 28.7. The van der Waals surface area contributed by atoms with Crippen LogP contribution in [-0.2, 0) is 33.3 Å². The van der Waals surface area contributed by atoms with Gasteiger partial charge in [-0.05, 0) is 70.9 Å². The number of nitrogens with one attached hydrogen (secondary N) is 1. The molecular weight excluding hydrogens is 581 g/mol. The number of amides is 3. The third-order valence-electron chi connectivity index (χ3n) is 7.33. The van der Waals surface area contributed by atoms with E-state index in [1.54, 1.807) is 4.90 Å². The summed E-state index contributed by atoms with van der Waals surface area (Å²) in [4.78, 5) is 41.9. The summed E-state index contributed by atoms with van der Waals surface area (Å²) in [7, 11) is 1.18. The van der Waals surface area contributed by atoms with Gasteiger partial charge in [0.25, 0.3) is 0 Å². The summed E-state index contributed by atoms with van der Waals surface area (Å²) in [6, 6.07) is 9.80. The standard InChI is InChI=1S/C27H30BrF3N4O4/c1-39-25(37)18(12-16-13-20(27(29,30)31)24(32)21(28)14-16)15-23(36)34-9-7-19(8-10-34)35-11-6-17-4-2-3-5-22(17)33-26(35)38/h2-5,13-14,18-19H,6-12,15,32H2,1H3,(H,33,38). The molecule has 39 heavy (non-hydrogen) atoms. The van der Waals surface area contributed by atoms with E-state index in [2.05, 4.69) is 21.2 Å². The number of hydrogen-bond acceptors (Lipinski definition) is 5. The van der Waals surface area contributed by atoms with E-state index in [1.165, 1.54) is 13.2 Å². The molecule has 0 radical (unpaired) electrons. The van der Waals surface area contributed by atoms with Gasteiger partial charge in [-0.3, -0.25) is 9.59 Å². The molecule has 4 rings (SSSR count). The van der Waals surface area contributed by atoms with Crippen LogP contribution in [0.3, 0.4) is 0 Å². The highest BCUT2D eigenvalue weighted by Gasteiger charge is 2.36. The van der Waals surface area contributed by atoms with E-state index in [4.69, 9.17) is 10.5 Å². The van der Waals surface area contributed by atoms with Gasteiger partial charge >= 0.3 is 18.2 Å². The number of nitrogen functional groups attached to an aromatic ring is 1. The van der Waals surface area contributed by atoms with Gasteiger partial charge in [-0.25, -0.2) is 4.79 Å². The van der Waals surface area contributed by atoms with E-state index in [0.29, 0.717) is 32.5 Å². The van der Waals surface area contributed by atoms with Crippen LogP contribution >= 0.6 is 15.9 Å². The Morgan fingerprint density at radius 2 is 1.87 bits per heavy atom. The number of rotatable bonds is 6. The second-order valence-electron chi connectivity index (χ2n) is 9.81. The molecule has 0 bridgehead atoms. The number of nitrogens with zero attached hydrogens (tertiary/aromatic N) is 2. The molecule has 2 aliphatic rings. The lowest BCUT2D eigenvalue weighted by molar-refractivity contribution is -0.149. The van der Waals surface area contributed by atoms with Gasteiger partial charge in [0.05, 0.1) is 24.3 Å². The minimum Gasteiger partial charge on any atom is -0.469 e. The molecule has 0 spiro atoms. The molecule has 2 heterocycles. The summed E-state index contributed by atoms with van der Waals surface area (Å²) in [6.45, 7) is 1.38. The number of hydrogen-bond donors (Lipinski definition) is 2. The van der Waals surface area contributed by atoms with Gasteiger partial charge in [0.1, 0.15) is 0 Å². The third kappa shape index (κ3) is 6.66. The first-order chi connectivity index (χ1) is 18.5. The highest BCUT2D eigenvalue weighted by Crippen LogP contribution is 2.38. The molecule has 2 aromatic carbocycles. The molecule has 8 nitrogen and oxygen atoms in total. The van der Waals surface area contributed by atoms with Crippen molar-refractivity contribution in [1.82, 2.24) is 9.80 Å². The number of likely N-dealkylation sites (tertiary alicyclic amines) is 1. The number of anilines is 2. The third-order valence-corrected chi connectivity index (χ3v) is 7.99. The van der Waals surface area contributed by atoms with Crippen molar-refractivity contribution in [2.24, 2.45) is 5.92 Å². The van der Waals surface area contributed by atoms with Crippen LogP contribution < -0.4 is 11.1 Å². The molecule has 1 saturated heterocycles. The van der Waals surface area contributed by atoms with Crippen LogP contribution in [0.25, 0.3) is 0 Å². The molecule has 1 fully saturated rings. The first-order valence-corrected chi connectivity index (χ1v) is 13.4. The highest BCUT2D eigenvalue weighted by molar-refractivity contribution is 9.10. The zero-order chi connectivity index (χ0) is 28.3. The van der Waals surface area contributed by atoms with Crippen LogP contribution in [0.5, 0.6) is 0 Å². The number of fused-ring (bicyclic) bond motifs is 1. The van der Waals surface area contributed by atoms with Crippen LogP contribution in [0.2, 0.25) is 0 Å². The number of nitrogens with two attached hydrogens (primary N) is 1. The van der Waals surface area contributed by atoms with Crippen LogP contribution in [-0.4, -0.2) is 60.5 Å². The molecule has 210 valence electrons. The zero-order valence-corrected chi connectivity index (χ0v) is 23.0. The van der Waals surface area contributed by atoms with Crippen molar-refractivity contribution in [3.63, 3.8) is 0 Å².